The Morgan fingerprint density at radius 3 is 2.68 bits per heavy atom. The second-order valence-electron chi connectivity index (χ2n) is 5.83. The predicted molar refractivity (Wildman–Crippen MR) is 75.6 cm³/mol. The van der Waals surface area contributed by atoms with Crippen LogP contribution in [-0.4, -0.2) is 58.4 Å². The van der Waals surface area contributed by atoms with Crippen molar-refractivity contribution in [2.75, 3.05) is 45.6 Å². The average molecular weight is 290 g/mol. The first-order valence-electron chi connectivity index (χ1n) is 7.30. The number of hydrogen-bond acceptors (Lipinski definition) is 4. The van der Waals surface area contributed by atoms with Crippen molar-refractivity contribution in [3.8, 4) is 0 Å². The molecule has 19 heavy (non-hydrogen) atoms. The fraction of sp³-hybridized carbons (Fsp3) is 1.00. The molecular formula is C13H26N2O3S. The topological polar surface area (TPSA) is 58.6 Å². The van der Waals surface area contributed by atoms with E-state index >= 15 is 0 Å². The quantitative estimate of drug-likeness (QED) is 0.668. The van der Waals surface area contributed by atoms with Crippen LogP contribution in [0, 0.1) is 11.8 Å². The summed E-state index contributed by atoms with van der Waals surface area (Å²) in [6, 6.07) is 0. The van der Waals surface area contributed by atoms with Crippen molar-refractivity contribution < 1.29 is 13.2 Å². The van der Waals surface area contributed by atoms with Gasteiger partial charge < -0.3 is 10.1 Å². The van der Waals surface area contributed by atoms with Crippen LogP contribution in [0.4, 0.5) is 0 Å². The smallest absolute Gasteiger partial charge is 0.214 e. The molecule has 0 radical (unpaired) electrons. The Bertz CT molecular complexity index is 362. The van der Waals surface area contributed by atoms with Crippen molar-refractivity contribution in [1.82, 2.24) is 9.62 Å². The first-order chi connectivity index (χ1) is 9.08. The minimum Gasteiger partial charge on any atom is -0.380 e. The van der Waals surface area contributed by atoms with Gasteiger partial charge in [0.25, 0.3) is 0 Å². The molecular weight excluding hydrogens is 264 g/mol. The fourth-order valence-electron chi connectivity index (χ4n) is 2.36. The molecule has 0 amide bonds. The van der Waals surface area contributed by atoms with E-state index in [4.69, 9.17) is 4.74 Å². The van der Waals surface area contributed by atoms with Gasteiger partial charge in [0.15, 0.2) is 0 Å². The molecule has 6 heteroatoms. The van der Waals surface area contributed by atoms with Crippen LogP contribution in [0.3, 0.4) is 0 Å². The lowest BCUT2D eigenvalue weighted by atomic mass is 10.0. The van der Waals surface area contributed by atoms with E-state index in [1.807, 2.05) is 0 Å². The van der Waals surface area contributed by atoms with Crippen LogP contribution >= 0.6 is 0 Å². The molecule has 1 unspecified atom stereocenters. The molecule has 1 saturated heterocycles. The van der Waals surface area contributed by atoms with Gasteiger partial charge in [0.1, 0.15) is 0 Å². The van der Waals surface area contributed by atoms with Crippen LogP contribution in [0.2, 0.25) is 0 Å². The first-order valence-corrected chi connectivity index (χ1v) is 8.91. The predicted octanol–water partition coefficient (Wildman–Crippen LogP) is 0.674. The van der Waals surface area contributed by atoms with Crippen LogP contribution in [-0.2, 0) is 14.8 Å². The second kappa shape index (κ2) is 7.02. The molecule has 1 atom stereocenters. The molecule has 0 aromatic rings. The molecule has 0 aromatic carbocycles. The molecule has 1 aliphatic carbocycles. The second-order valence-corrected chi connectivity index (χ2v) is 7.95. The maximum atomic E-state index is 12.2. The van der Waals surface area contributed by atoms with Gasteiger partial charge in [0.2, 0.25) is 10.0 Å². The van der Waals surface area contributed by atoms with Gasteiger partial charge in [-0.25, -0.2) is 12.7 Å². The van der Waals surface area contributed by atoms with Gasteiger partial charge in [-0.05, 0) is 50.6 Å². The lowest BCUT2D eigenvalue weighted by molar-refractivity contribution is 0.117. The van der Waals surface area contributed by atoms with Crippen LogP contribution < -0.4 is 5.32 Å². The third-order valence-electron chi connectivity index (χ3n) is 3.92. The zero-order valence-corrected chi connectivity index (χ0v) is 12.6. The average Bonchev–Trinajstić information content (AvgIpc) is 3.19. The molecule has 5 nitrogen and oxygen atoms in total. The minimum absolute atomic E-state index is 0.258. The van der Waals surface area contributed by atoms with Gasteiger partial charge in [-0.15, -0.1) is 0 Å². The van der Waals surface area contributed by atoms with Crippen molar-refractivity contribution in [3.63, 3.8) is 0 Å². The van der Waals surface area contributed by atoms with Crippen LogP contribution in [0.5, 0.6) is 0 Å². The number of nitrogens with one attached hydrogen (secondary N) is 1. The highest BCUT2D eigenvalue weighted by Crippen LogP contribution is 2.28. The molecule has 2 fully saturated rings. The molecule has 2 rings (SSSR count). The normalized spacial score (nSPS) is 24.8. The van der Waals surface area contributed by atoms with E-state index in [1.54, 1.807) is 7.05 Å². The maximum absolute atomic E-state index is 12.2. The number of rotatable bonds is 8. The highest BCUT2D eigenvalue weighted by molar-refractivity contribution is 7.89. The number of nitrogens with zero attached hydrogens (tertiary/aromatic N) is 1. The lowest BCUT2D eigenvalue weighted by Crippen LogP contribution is -2.39. The summed E-state index contributed by atoms with van der Waals surface area (Å²) in [6.07, 6.45) is 4.62. The van der Waals surface area contributed by atoms with Gasteiger partial charge in [-0.3, -0.25) is 0 Å². The van der Waals surface area contributed by atoms with E-state index in [9.17, 15) is 8.42 Å². The van der Waals surface area contributed by atoms with Crippen molar-refractivity contribution in [2.45, 2.75) is 25.7 Å². The zero-order valence-electron chi connectivity index (χ0n) is 11.8. The summed E-state index contributed by atoms with van der Waals surface area (Å²) in [4.78, 5) is 0. The molecule has 0 bridgehead atoms. The van der Waals surface area contributed by atoms with Crippen LogP contribution in [0.1, 0.15) is 25.7 Å². The van der Waals surface area contributed by atoms with Crippen molar-refractivity contribution >= 4 is 10.0 Å². The van der Waals surface area contributed by atoms with Gasteiger partial charge in [0.05, 0.1) is 12.4 Å². The Kier molecular flexibility index (Phi) is 5.62. The molecule has 0 aromatic heterocycles. The highest BCUT2D eigenvalue weighted by Gasteiger charge is 2.25. The number of likely N-dealkylation sites (N-methyl/N-ethyl adjacent to an activating group) is 1. The summed E-state index contributed by atoms with van der Waals surface area (Å²) in [7, 11) is -1.47. The summed E-state index contributed by atoms with van der Waals surface area (Å²) in [6.45, 7) is 3.61. The minimum atomic E-state index is -3.13. The van der Waals surface area contributed by atoms with Crippen LogP contribution in [0.15, 0.2) is 0 Å². The summed E-state index contributed by atoms with van der Waals surface area (Å²) in [5, 5.41) is 3.26. The lowest BCUT2D eigenvalue weighted by Gasteiger charge is -2.25. The maximum Gasteiger partial charge on any atom is 0.214 e. The molecule has 1 heterocycles. The molecule has 1 saturated carbocycles. The van der Waals surface area contributed by atoms with E-state index < -0.39 is 10.0 Å². The molecule has 2 aliphatic rings. The Hall–Kier alpha value is -0.170. The van der Waals surface area contributed by atoms with Crippen molar-refractivity contribution in [3.05, 3.63) is 0 Å². The van der Waals surface area contributed by atoms with Crippen LogP contribution in [0.25, 0.3) is 0 Å². The fourth-order valence-corrected chi connectivity index (χ4v) is 3.85. The molecule has 1 aliphatic heterocycles. The van der Waals surface area contributed by atoms with Gasteiger partial charge in [0, 0.05) is 20.2 Å². The largest absolute Gasteiger partial charge is 0.380 e. The van der Waals surface area contributed by atoms with Gasteiger partial charge >= 0.3 is 0 Å². The Labute approximate surface area is 116 Å². The van der Waals surface area contributed by atoms with E-state index in [-0.39, 0.29) is 11.7 Å². The SMILES string of the molecule is CN(CCOCC1CC1)S(=O)(=O)CC1CCCNC1. The third kappa shape index (κ3) is 5.38. The van der Waals surface area contributed by atoms with Crippen molar-refractivity contribution in [2.24, 2.45) is 11.8 Å². The summed E-state index contributed by atoms with van der Waals surface area (Å²) < 4.78 is 31.3. The summed E-state index contributed by atoms with van der Waals surface area (Å²) >= 11 is 0. The molecule has 0 spiro atoms. The van der Waals surface area contributed by atoms with E-state index in [0.717, 1.165) is 38.5 Å². The number of ether oxygens (including phenoxy) is 1. The number of hydrogen-bond donors (Lipinski definition) is 1. The highest BCUT2D eigenvalue weighted by atomic mass is 32.2. The number of sulfonamides is 1. The standard InChI is InChI=1S/C13H26N2O3S/c1-15(7-8-18-10-12-4-5-12)19(16,17)11-13-3-2-6-14-9-13/h12-14H,2-11H2,1H3. The van der Waals surface area contributed by atoms with E-state index in [1.165, 1.54) is 17.1 Å². The third-order valence-corrected chi connectivity index (χ3v) is 5.95. The summed E-state index contributed by atoms with van der Waals surface area (Å²) in [5.74, 6) is 1.25. The summed E-state index contributed by atoms with van der Waals surface area (Å²) in [5.41, 5.74) is 0. The Balaban J connectivity index is 1.67. The molecule has 112 valence electrons. The van der Waals surface area contributed by atoms with Gasteiger partial charge in [-0.2, -0.15) is 0 Å². The monoisotopic (exact) mass is 290 g/mol. The molecule has 1 N–H and O–H groups in total. The Morgan fingerprint density at radius 1 is 1.26 bits per heavy atom. The number of piperidine rings is 1. The first kappa shape index (κ1) is 15.2. The van der Waals surface area contributed by atoms with E-state index in [2.05, 4.69) is 5.32 Å². The van der Waals surface area contributed by atoms with Gasteiger partial charge in [-0.1, -0.05) is 0 Å². The zero-order chi connectivity index (χ0) is 13.7. The van der Waals surface area contributed by atoms with E-state index in [0.29, 0.717) is 13.2 Å². The Morgan fingerprint density at radius 2 is 2.05 bits per heavy atom. The van der Waals surface area contributed by atoms with Crippen molar-refractivity contribution in [1.29, 1.82) is 0 Å².